The number of allylic oxidation sites excluding steroid dienone is 5. The van der Waals surface area contributed by atoms with E-state index in [1.54, 1.807) is 0 Å². The molecule has 0 heterocycles. The average Bonchev–Trinajstić information content (AvgIpc) is 2.88. The number of unbranched alkanes of at least 4 members (excludes halogenated alkanes) is 1. The first-order valence-corrected chi connectivity index (χ1v) is 13.2. The maximum atomic E-state index is 5.91. The summed E-state index contributed by atoms with van der Waals surface area (Å²) in [5.41, 5.74) is 6.20. The second-order valence-corrected chi connectivity index (χ2v) is 8.86. The lowest BCUT2D eigenvalue weighted by molar-refractivity contribution is 0.309. The second kappa shape index (κ2) is 15.5. The molecular formula is C31H41ClO2. The normalized spacial score (nSPS) is 13.6. The largest absolute Gasteiger partial charge is 0.494 e. The van der Waals surface area contributed by atoms with E-state index in [4.69, 9.17) is 21.1 Å². The summed E-state index contributed by atoms with van der Waals surface area (Å²) in [6.45, 7) is 12.3. The Morgan fingerprint density at radius 3 is 1.88 bits per heavy atom. The Hall–Kier alpha value is -2.45. The molecule has 0 saturated carbocycles. The molecule has 1 unspecified atom stereocenters. The van der Waals surface area contributed by atoms with Crippen LogP contribution < -0.4 is 9.47 Å². The van der Waals surface area contributed by atoms with Crippen molar-refractivity contribution in [2.75, 3.05) is 19.1 Å². The van der Waals surface area contributed by atoms with E-state index in [0.29, 0.717) is 18.4 Å². The lowest BCUT2D eigenvalue weighted by Gasteiger charge is -2.18. The van der Waals surface area contributed by atoms with Gasteiger partial charge in [-0.15, -0.1) is 11.6 Å². The third-order valence-corrected chi connectivity index (χ3v) is 6.12. The van der Waals surface area contributed by atoms with Gasteiger partial charge in [-0.3, -0.25) is 0 Å². The predicted octanol–water partition coefficient (Wildman–Crippen LogP) is 9.24. The van der Waals surface area contributed by atoms with Crippen LogP contribution in [0.5, 0.6) is 11.5 Å². The molecule has 2 aromatic rings. The Balaban J connectivity index is 2.54. The fourth-order valence-electron chi connectivity index (χ4n) is 3.74. The van der Waals surface area contributed by atoms with E-state index < -0.39 is 0 Å². The molecule has 0 N–H and O–H groups in total. The lowest BCUT2D eigenvalue weighted by Crippen LogP contribution is -2.00. The van der Waals surface area contributed by atoms with Gasteiger partial charge in [-0.1, -0.05) is 83.0 Å². The van der Waals surface area contributed by atoms with Gasteiger partial charge in [0.25, 0.3) is 0 Å². The summed E-state index contributed by atoms with van der Waals surface area (Å²) >= 11 is 5.78. The van der Waals surface area contributed by atoms with Gasteiger partial charge in [0.1, 0.15) is 18.1 Å². The summed E-state index contributed by atoms with van der Waals surface area (Å²) < 4.78 is 11.6. The highest BCUT2D eigenvalue weighted by Gasteiger charge is 2.14. The van der Waals surface area contributed by atoms with Crippen molar-refractivity contribution >= 4 is 17.2 Å². The van der Waals surface area contributed by atoms with Gasteiger partial charge in [0.15, 0.2) is 0 Å². The topological polar surface area (TPSA) is 18.5 Å². The number of hydrogen-bond donors (Lipinski definition) is 0. The van der Waals surface area contributed by atoms with Gasteiger partial charge in [-0.05, 0) is 77.8 Å². The first-order valence-electron chi connectivity index (χ1n) is 12.7. The summed E-state index contributed by atoms with van der Waals surface area (Å²) in [7, 11) is 0. The summed E-state index contributed by atoms with van der Waals surface area (Å²) in [5.74, 6) is 2.79. The molecule has 0 aromatic heterocycles. The SMILES string of the molecule is C/C=C(\C=C/C(C)CC)C(/CC)=C(\c1ccc(OCCCl)cc1)c1ccc(OCCCC)cc1. The summed E-state index contributed by atoms with van der Waals surface area (Å²) in [5, 5.41) is 0. The van der Waals surface area contributed by atoms with Crippen LogP contribution in [-0.4, -0.2) is 19.1 Å². The summed E-state index contributed by atoms with van der Waals surface area (Å²) in [6, 6.07) is 16.9. The minimum Gasteiger partial charge on any atom is -0.494 e. The molecule has 0 amide bonds. The zero-order chi connectivity index (χ0) is 24.8. The van der Waals surface area contributed by atoms with Crippen LogP contribution in [0.4, 0.5) is 0 Å². The summed E-state index contributed by atoms with van der Waals surface area (Å²) in [4.78, 5) is 0. The van der Waals surface area contributed by atoms with E-state index in [0.717, 1.165) is 43.8 Å². The van der Waals surface area contributed by atoms with E-state index in [-0.39, 0.29) is 0 Å². The highest BCUT2D eigenvalue weighted by atomic mass is 35.5. The first kappa shape index (κ1) is 27.8. The van der Waals surface area contributed by atoms with Gasteiger partial charge >= 0.3 is 0 Å². The standard InChI is InChI=1S/C31H41ClO2/c1-6-10-22-33-28-17-13-26(14-18-28)31(27-15-19-29(20-16-27)34-23-21-32)30(9-4)25(8-3)12-11-24(5)7-2/h8,11-20,24H,6-7,9-10,21-23H2,1-5H3/b12-11-,25-8+,31-30-. The number of hydrogen-bond acceptors (Lipinski definition) is 2. The minimum absolute atomic E-state index is 0.479. The fourth-order valence-corrected chi connectivity index (χ4v) is 3.82. The molecule has 0 aliphatic heterocycles. The Morgan fingerprint density at radius 2 is 1.44 bits per heavy atom. The van der Waals surface area contributed by atoms with Crippen LogP contribution in [0.2, 0.25) is 0 Å². The molecular weight excluding hydrogens is 440 g/mol. The summed E-state index contributed by atoms with van der Waals surface area (Å²) in [6.07, 6.45) is 11.1. The van der Waals surface area contributed by atoms with Crippen LogP contribution >= 0.6 is 11.6 Å². The van der Waals surface area contributed by atoms with Crippen LogP contribution in [0.25, 0.3) is 5.57 Å². The lowest BCUT2D eigenvalue weighted by atomic mass is 9.87. The Kier molecular flexibility index (Phi) is 12.6. The number of halogens is 1. The van der Waals surface area contributed by atoms with Crippen molar-refractivity contribution in [1.29, 1.82) is 0 Å². The molecule has 2 rings (SSSR count). The third kappa shape index (κ3) is 8.40. The van der Waals surface area contributed by atoms with E-state index in [1.807, 2.05) is 12.1 Å². The van der Waals surface area contributed by atoms with Crippen molar-refractivity contribution in [2.45, 2.75) is 60.3 Å². The number of rotatable bonds is 14. The number of benzene rings is 2. The molecule has 0 radical (unpaired) electrons. The molecule has 0 saturated heterocycles. The highest BCUT2D eigenvalue weighted by molar-refractivity contribution is 6.18. The van der Waals surface area contributed by atoms with Gasteiger partial charge in [-0.2, -0.15) is 0 Å². The van der Waals surface area contributed by atoms with E-state index in [1.165, 1.54) is 27.8 Å². The maximum Gasteiger partial charge on any atom is 0.119 e. The molecule has 1 atom stereocenters. The molecule has 0 aliphatic rings. The van der Waals surface area contributed by atoms with E-state index >= 15 is 0 Å². The van der Waals surface area contributed by atoms with E-state index in [2.05, 4.69) is 89.2 Å². The second-order valence-electron chi connectivity index (χ2n) is 8.48. The molecule has 184 valence electrons. The van der Waals surface area contributed by atoms with E-state index in [9.17, 15) is 0 Å². The molecule has 0 spiro atoms. The van der Waals surface area contributed by atoms with Crippen molar-refractivity contribution in [3.63, 3.8) is 0 Å². The fraction of sp³-hybridized carbons (Fsp3) is 0.419. The third-order valence-electron chi connectivity index (χ3n) is 5.96. The molecule has 2 nitrogen and oxygen atoms in total. The minimum atomic E-state index is 0.479. The smallest absolute Gasteiger partial charge is 0.119 e. The van der Waals surface area contributed by atoms with Crippen LogP contribution in [0.1, 0.15) is 71.4 Å². The monoisotopic (exact) mass is 480 g/mol. The van der Waals surface area contributed by atoms with Crippen molar-refractivity contribution in [3.8, 4) is 11.5 Å². The van der Waals surface area contributed by atoms with Crippen molar-refractivity contribution < 1.29 is 9.47 Å². The zero-order valence-corrected chi connectivity index (χ0v) is 22.3. The zero-order valence-electron chi connectivity index (χ0n) is 21.6. The number of alkyl halides is 1. The van der Waals surface area contributed by atoms with Gasteiger partial charge in [-0.25, -0.2) is 0 Å². The Bertz CT molecular complexity index is 936. The van der Waals surface area contributed by atoms with Gasteiger partial charge < -0.3 is 9.47 Å². The molecule has 0 aliphatic carbocycles. The van der Waals surface area contributed by atoms with Crippen molar-refractivity contribution in [3.05, 3.63) is 89.0 Å². The van der Waals surface area contributed by atoms with Gasteiger partial charge in [0.2, 0.25) is 0 Å². The predicted molar refractivity (Wildman–Crippen MR) is 148 cm³/mol. The molecule has 2 aromatic carbocycles. The Morgan fingerprint density at radius 1 is 0.882 bits per heavy atom. The van der Waals surface area contributed by atoms with Crippen molar-refractivity contribution in [2.24, 2.45) is 5.92 Å². The quantitative estimate of drug-likeness (QED) is 0.152. The number of ether oxygens (including phenoxy) is 2. The average molecular weight is 481 g/mol. The molecule has 3 heteroatoms. The van der Waals surface area contributed by atoms with Crippen LogP contribution in [0.15, 0.2) is 77.9 Å². The van der Waals surface area contributed by atoms with Gasteiger partial charge in [0, 0.05) is 0 Å². The molecule has 0 bridgehead atoms. The highest BCUT2D eigenvalue weighted by Crippen LogP contribution is 2.34. The first-order chi connectivity index (χ1) is 16.6. The van der Waals surface area contributed by atoms with Crippen LogP contribution in [0, 0.1) is 5.92 Å². The van der Waals surface area contributed by atoms with Crippen LogP contribution in [0.3, 0.4) is 0 Å². The van der Waals surface area contributed by atoms with Gasteiger partial charge in [0.05, 0.1) is 12.5 Å². The molecule has 0 fully saturated rings. The van der Waals surface area contributed by atoms with Crippen LogP contribution in [-0.2, 0) is 0 Å². The maximum absolute atomic E-state index is 5.91. The van der Waals surface area contributed by atoms with Crippen molar-refractivity contribution in [1.82, 2.24) is 0 Å². The Labute approximate surface area is 212 Å². The molecule has 34 heavy (non-hydrogen) atoms.